The van der Waals surface area contributed by atoms with Crippen LogP contribution in [0.1, 0.15) is 81.3 Å². The van der Waals surface area contributed by atoms with Crippen LogP contribution in [0, 0.1) is 35.4 Å². The first kappa shape index (κ1) is 20.9. The van der Waals surface area contributed by atoms with Crippen LogP contribution in [0.2, 0.25) is 0 Å². The van der Waals surface area contributed by atoms with E-state index in [9.17, 15) is 17.6 Å². The Morgan fingerprint density at radius 3 is 2.28 bits per heavy atom. The fourth-order valence-electron chi connectivity index (χ4n) is 6.83. The van der Waals surface area contributed by atoms with Gasteiger partial charge in [-0.25, -0.2) is 4.39 Å². The third-order valence-corrected chi connectivity index (χ3v) is 8.20. The predicted molar refractivity (Wildman–Crippen MR) is 108 cm³/mol. The van der Waals surface area contributed by atoms with Crippen LogP contribution in [0.5, 0.6) is 0 Å². The maximum Gasteiger partial charge on any atom is 0.419 e. The molecule has 0 aliphatic heterocycles. The summed E-state index contributed by atoms with van der Waals surface area (Å²) >= 11 is 0. The van der Waals surface area contributed by atoms with Gasteiger partial charge in [-0.15, -0.1) is 6.58 Å². The van der Waals surface area contributed by atoms with Gasteiger partial charge in [-0.3, -0.25) is 0 Å². The summed E-state index contributed by atoms with van der Waals surface area (Å²) in [7, 11) is 0. The zero-order chi connectivity index (χ0) is 20.6. The monoisotopic (exact) mass is 408 g/mol. The minimum Gasteiger partial charge on any atom is -0.206 e. The van der Waals surface area contributed by atoms with E-state index in [1.165, 1.54) is 44.6 Å². The van der Waals surface area contributed by atoms with Crippen LogP contribution in [0.25, 0.3) is 0 Å². The summed E-state index contributed by atoms with van der Waals surface area (Å²) in [6.07, 6.45) is 9.54. The van der Waals surface area contributed by atoms with Crippen molar-refractivity contribution in [3.05, 3.63) is 47.8 Å². The molecule has 6 atom stereocenters. The quantitative estimate of drug-likeness (QED) is 0.348. The highest BCUT2D eigenvalue weighted by molar-refractivity contribution is 5.29. The standard InChI is InChI=1S/C25H32F4/c1-2-3-4-16-5-10-21-19(13-16)6-7-20-14-17(8-11-22(20)21)18-9-12-23(24(26)15-18)25(27,28)29/h2,9,12,15-17,19-22H,1,3-8,10-11,13-14H2/t16-,17?,19-,20+,21+,22+/m1/s1. The molecule has 3 aliphatic rings. The highest BCUT2D eigenvalue weighted by atomic mass is 19.4. The van der Waals surface area contributed by atoms with Crippen molar-refractivity contribution in [2.45, 2.75) is 76.3 Å². The second-order valence-electron chi connectivity index (χ2n) is 9.72. The molecular weight excluding hydrogens is 376 g/mol. The van der Waals surface area contributed by atoms with Crippen molar-refractivity contribution < 1.29 is 17.6 Å². The summed E-state index contributed by atoms with van der Waals surface area (Å²) in [5, 5.41) is 0. The van der Waals surface area contributed by atoms with Gasteiger partial charge in [0.1, 0.15) is 5.82 Å². The van der Waals surface area contributed by atoms with Gasteiger partial charge in [0.15, 0.2) is 0 Å². The number of rotatable bonds is 4. The van der Waals surface area contributed by atoms with E-state index >= 15 is 0 Å². The van der Waals surface area contributed by atoms with Gasteiger partial charge in [0, 0.05) is 0 Å². The van der Waals surface area contributed by atoms with Crippen molar-refractivity contribution in [1.29, 1.82) is 0 Å². The first-order valence-electron chi connectivity index (χ1n) is 11.3. The average Bonchev–Trinajstić information content (AvgIpc) is 2.70. The average molecular weight is 409 g/mol. The minimum absolute atomic E-state index is 0.202. The normalized spacial score (nSPS) is 34.9. The van der Waals surface area contributed by atoms with Crippen molar-refractivity contribution in [1.82, 2.24) is 0 Å². The number of alkyl halides is 3. The summed E-state index contributed by atoms with van der Waals surface area (Å²) in [6, 6.07) is 3.58. The summed E-state index contributed by atoms with van der Waals surface area (Å²) in [6.45, 7) is 3.86. The molecule has 0 saturated heterocycles. The molecule has 1 aromatic carbocycles. The summed E-state index contributed by atoms with van der Waals surface area (Å²) in [5.41, 5.74) is -0.395. The Hall–Kier alpha value is -1.32. The number of hydrogen-bond donors (Lipinski definition) is 0. The van der Waals surface area contributed by atoms with E-state index < -0.39 is 17.6 Å². The molecule has 3 saturated carbocycles. The Morgan fingerprint density at radius 2 is 1.62 bits per heavy atom. The van der Waals surface area contributed by atoms with Gasteiger partial charge in [0.2, 0.25) is 0 Å². The number of benzene rings is 1. The van der Waals surface area contributed by atoms with Crippen molar-refractivity contribution in [3.8, 4) is 0 Å². The molecular formula is C25H32F4. The first-order valence-corrected chi connectivity index (χ1v) is 11.3. The Balaban J connectivity index is 1.40. The highest BCUT2D eigenvalue weighted by Gasteiger charge is 2.44. The minimum atomic E-state index is -4.62. The van der Waals surface area contributed by atoms with Crippen molar-refractivity contribution in [2.75, 3.05) is 0 Å². The molecule has 0 amide bonds. The van der Waals surface area contributed by atoms with Crippen LogP contribution in [0.15, 0.2) is 30.9 Å². The van der Waals surface area contributed by atoms with E-state index in [4.69, 9.17) is 0 Å². The van der Waals surface area contributed by atoms with Crippen molar-refractivity contribution in [3.63, 3.8) is 0 Å². The summed E-state index contributed by atoms with van der Waals surface area (Å²) in [5.74, 6) is 3.05. The zero-order valence-electron chi connectivity index (χ0n) is 17.1. The molecule has 0 nitrogen and oxygen atoms in total. The highest BCUT2D eigenvalue weighted by Crippen LogP contribution is 2.55. The Kier molecular flexibility index (Phi) is 6.09. The lowest BCUT2D eigenvalue weighted by atomic mass is 9.55. The maximum atomic E-state index is 14.1. The molecule has 0 bridgehead atoms. The third-order valence-electron chi connectivity index (χ3n) is 8.20. The second-order valence-corrected chi connectivity index (χ2v) is 9.72. The van der Waals surface area contributed by atoms with Crippen molar-refractivity contribution >= 4 is 0 Å². The fourth-order valence-corrected chi connectivity index (χ4v) is 6.83. The molecule has 0 N–H and O–H groups in total. The smallest absolute Gasteiger partial charge is 0.206 e. The van der Waals surface area contributed by atoms with Crippen LogP contribution >= 0.6 is 0 Å². The molecule has 3 aliphatic carbocycles. The van der Waals surface area contributed by atoms with E-state index in [-0.39, 0.29) is 5.92 Å². The van der Waals surface area contributed by atoms with E-state index in [0.717, 1.165) is 67.1 Å². The van der Waals surface area contributed by atoms with Gasteiger partial charge in [-0.1, -0.05) is 18.6 Å². The van der Waals surface area contributed by atoms with Crippen LogP contribution in [0.3, 0.4) is 0 Å². The van der Waals surface area contributed by atoms with Gasteiger partial charge in [-0.2, -0.15) is 13.2 Å². The van der Waals surface area contributed by atoms with Gasteiger partial charge < -0.3 is 0 Å². The topological polar surface area (TPSA) is 0 Å². The molecule has 1 unspecified atom stereocenters. The second kappa shape index (κ2) is 8.43. The molecule has 4 heteroatoms. The Labute approximate surface area is 171 Å². The molecule has 0 spiro atoms. The summed E-state index contributed by atoms with van der Waals surface area (Å²) < 4.78 is 52.6. The van der Waals surface area contributed by atoms with Crippen molar-refractivity contribution in [2.24, 2.45) is 29.6 Å². The van der Waals surface area contributed by atoms with Gasteiger partial charge in [0.25, 0.3) is 0 Å². The number of fused-ring (bicyclic) bond motifs is 3. The third kappa shape index (κ3) is 4.41. The lowest BCUT2D eigenvalue weighted by molar-refractivity contribution is -0.140. The first-order chi connectivity index (χ1) is 13.9. The lowest BCUT2D eigenvalue weighted by Gasteiger charge is -2.51. The van der Waals surface area contributed by atoms with Gasteiger partial charge in [-0.05, 0) is 111 Å². The predicted octanol–water partition coefficient (Wildman–Crippen LogP) is 8.14. The van der Waals surface area contributed by atoms with Crippen LogP contribution in [0.4, 0.5) is 17.6 Å². The fraction of sp³-hybridized carbons (Fsp3) is 0.680. The number of hydrogen-bond acceptors (Lipinski definition) is 0. The molecule has 0 heterocycles. The lowest BCUT2D eigenvalue weighted by Crippen LogP contribution is -2.41. The number of allylic oxidation sites excluding steroid dienone is 1. The maximum absolute atomic E-state index is 14.1. The zero-order valence-corrected chi connectivity index (χ0v) is 17.1. The van der Waals surface area contributed by atoms with E-state index in [0.29, 0.717) is 5.92 Å². The summed E-state index contributed by atoms with van der Waals surface area (Å²) in [4.78, 5) is 0. The molecule has 160 valence electrons. The largest absolute Gasteiger partial charge is 0.419 e. The Morgan fingerprint density at radius 1 is 0.931 bits per heavy atom. The molecule has 3 fully saturated rings. The van der Waals surface area contributed by atoms with Crippen LogP contribution in [-0.4, -0.2) is 0 Å². The van der Waals surface area contributed by atoms with E-state index in [1.54, 1.807) is 0 Å². The Bertz CT molecular complexity index is 722. The van der Waals surface area contributed by atoms with Crippen LogP contribution in [-0.2, 0) is 6.18 Å². The molecule has 0 aromatic heterocycles. The van der Waals surface area contributed by atoms with E-state index in [1.807, 2.05) is 6.08 Å². The van der Waals surface area contributed by atoms with Crippen LogP contribution < -0.4 is 0 Å². The van der Waals surface area contributed by atoms with E-state index in [2.05, 4.69) is 6.58 Å². The molecule has 1 aromatic rings. The number of halogens is 4. The molecule has 0 radical (unpaired) electrons. The molecule has 4 rings (SSSR count). The van der Waals surface area contributed by atoms with Gasteiger partial charge in [0.05, 0.1) is 5.56 Å². The van der Waals surface area contributed by atoms with Gasteiger partial charge >= 0.3 is 6.18 Å². The SMILES string of the molecule is C=CCC[C@@H]1CC[C@H]2[C@H](CC[C@H]3CC(c4ccc(C(F)(F)F)c(F)c4)CC[C@@H]32)C1. The molecule has 29 heavy (non-hydrogen) atoms.